The molecule has 2 unspecified atom stereocenters. The maximum Gasteiger partial charge on any atom is 0.442 e. The Morgan fingerprint density at radius 1 is 1.25 bits per heavy atom. The van der Waals surface area contributed by atoms with E-state index in [-0.39, 0.29) is 41.3 Å². The number of nitrogens with zero attached hydrogens (tertiary/aromatic N) is 2. The molecule has 1 aromatic rings. The molecule has 1 N–H and O–H groups in total. The minimum absolute atomic E-state index is 0.0653. The molecule has 0 spiro atoms. The summed E-state index contributed by atoms with van der Waals surface area (Å²) >= 11 is 0. The number of halogens is 3. The molecule has 32 heavy (non-hydrogen) atoms. The molecule has 2 aliphatic heterocycles. The maximum absolute atomic E-state index is 14.1. The molecule has 1 aromatic carbocycles. The number of hydrogen-bond donors (Lipinski definition) is 1. The van der Waals surface area contributed by atoms with Crippen LogP contribution in [0.2, 0.25) is 0 Å². The lowest BCUT2D eigenvalue weighted by atomic mass is 10.1. The van der Waals surface area contributed by atoms with Crippen molar-refractivity contribution in [1.29, 1.82) is 0 Å². The molecular weight excluding hydrogens is 435 g/mol. The zero-order valence-electron chi connectivity index (χ0n) is 18.0. The Bertz CT molecular complexity index is 905. The summed E-state index contributed by atoms with van der Waals surface area (Å²) in [4.78, 5) is 30.3. The second-order valence-electron chi connectivity index (χ2n) is 7.29. The molecule has 0 aromatic heterocycles. The normalized spacial score (nSPS) is 23.2. The van der Waals surface area contributed by atoms with Crippen molar-refractivity contribution >= 4 is 17.6 Å². The second-order valence-corrected chi connectivity index (χ2v) is 7.29. The Hall–Kier alpha value is -3.02. The minimum atomic E-state index is -5.19. The quantitative estimate of drug-likeness (QED) is 0.671. The Balaban J connectivity index is 1.95. The smallest absolute Gasteiger partial charge is 0.442 e. The van der Waals surface area contributed by atoms with E-state index in [0.717, 1.165) is 11.3 Å². The Morgan fingerprint density at radius 3 is 2.34 bits per heavy atom. The van der Waals surface area contributed by atoms with Gasteiger partial charge in [0.1, 0.15) is 5.84 Å². The molecule has 9 nitrogen and oxygen atoms in total. The van der Waals surface area contributed by atoms with Gasteiger partial charge in [0.15, 0.2) is 11.5 Å². The number of amides is 2. The first-order chi connectivity index (χ1) is 15.1. The molecule has 2 heterocycles. The second kappa shape index (κ2) is 8.85. The first kappa shape index (κ1) is 23.6. The standard InChI is InChI=1S/C20H24F3N3O6/c1-11-24-19(20(21,22)23,18(28)26(11)10-13-6-5-7-32-13)25-17(27)12-8-14(29-2)16(31-4)15(9-12)30-3/h8-9,13H,5-7,10H2,1-4H3,(H,25,27). The van der Waals surface area contributed by atoms with E-state index in [1.54, 1.807) is 5.32 Å². The molecule has 2 aliphatic rings. The highest BCUT2D eigenvalue weighted by atomic mass is 19.4. The van der Waals surface area contributed by atoms with E-state index in [0.29, 0.717) is 13.0 Å². The summed E-state index contributed by atoms with van der Waals surface area (Å²) in [6.07, 6.45) is -4.20. The molecule has 176 valence electrons. The van der Waals surface area contributed by atoms with Crippen LogP contribution in [-0.2, 0) is 9.53 Å². The van der Waals surface area contributed by atoms with Gasteiger partial charge in [-0.25, -0.2) is 4.99 Å². The van der Waals surface area contributed by atoms with Gasteiger partial charge in [0.05, 0.1) is 34.0 Å². The van der Waals surface area contributed by atoms with E-state index in [1.807, 2.05) is 0 Å². The van der Waals surface area contributed by atoms with Crippen molar-refractivity contribution in [3.05, 3.63) is 17.7 Å². The molecule has 2 atom stereocenters. The fourth-order valence-electron chi connectivity index (χ4n) is 3.69. The Labute approximate surface area is 182 Å². The van der Waals surface area contributed by atoms with E-state index in [2.05, 4.69) is 4.99 Å². The Morgan fingerprint density at radius 2 is 1.88 bits per heavy atom. The van der Waals surface area contributed by atoms with Gasteiger partial charge in [0.2, 0.25) is 5.75 Å². The van der Waals surface area contributed by atoms with Gasteiger partial charge in [-0.1, -0.05) is 0 Å². The number of carbonyl (C=O) groups is 2. The summed E-state index contributed by atoms with van der Waals surface area (Å²) in [5.41, 5.74) is -3.69. The molecule has 0 saturated carbocycles. The van der Waals surface area contributed by atoms with Crippen molar-refractivity contribution in [1.82, 2.24) is 10.2 Å². The van der Waals surface area contributed by atoms with Crippen molar-refractivity contribution < 1.29 is 41.7 Å². The van der Waals surface area contributed by atoms with Gasteiger partial charge in [-0.05, 0) is 31.9 Å². The van der Waals surface area contributed by atoms with Gasteiger partial charge in [-0.15, -0.1) is 0 Å². The largest absolute Gasteiger partial charge is 0.493 e. The van der Waals surface area contributed by atoms with Crippen LogP contribution in [0.25, 0.3) is 0 Å². The van der Waals surface area contributed by atoms with Crippen LogP contribution in [0.3, 0.4) is 0 Å². The lowest BCUT2D eigenvalue weighted by molar-refractivity contribution is -0.196. The summed E-state index contributed by atoms with van der Waals surface area (Å²) in [5, 5.41) is 1.79. The summed E-state index contributed by atoms with van der Waals surface area (Å²) in [6, 6.07) is 2.36. The monoisotopic (exact) mass is 459 g/mol. The zero-order valence-corrected chi connectivity index (χ0v) is 18.0. The highest BCUT2D eigenvalue weighted by Gasteiger charge is 2.66. The van der Waals surface area contributed by atoms with Crippen molar-refractivity contribution in [3.63, 3.8) is 0 Å². The van der Waals surface area contributed by atoms with Gasteiger partial charge in [-0.2, -0.15) is 13.2 Å². The molecule has 1 fully saturated rings. The number of carbonyl (C=O) groups excluding carboxylic acids is 2. The lowest BCUT2D eigenvalue weighted by Gasteiger charge is -2.30. The lowest BCUT2D eigenvalue weighted by Crippen LogP contribution is -2.63. The third-order valence-corrected chi connectivity index (χ3v) is 5.32. The van der Waals surface area contributed by atoms with Crippen LogP contribution in [0, 0.1) is 0 Å². The van der Waals surface area contributed by atoms with Crippen molar-refractivity contribution in [2.24, 2.45) is 4.99 Å². The van der Waals surface area contributed by atoms with E-state index in [9.17, 15) is 22.8 Å². The molecule has 2 amide bonds. The summed E-state index contributed by atoms with van der Waals surface area (Å²) in [5.74, 6) is -2.45. The van der Waals surface area contributed by atoms with E-state index >= 15 is 0 Å². The Kier molecular flexibility index (Phi) is 6.54. The fraction of sp³-hybridized carbons (Fsp3) is 0.550. The first-order valence-corrected chi connectivity index (χ1v) is 9.77. The van der Waals surface area contributed by atoms with Crippen LogP contribution in [0.1, 0.15) is 30.1 Å². The summed E-state index contributed by atoms with van der Waals surface area (Å²) in [7, 11) is 3.94. The molecule has 0 aliphatic carbocycles. The summed E-state index contributed by atoms with van der Waals surface area (Å²) in [6.45, 7) is 1.68. The number of aliphatic imine (C=N–C) groups is 1. The average Bonchev–Trinajstić information content (AvgIpc) is 3.35. The van der Waals surface area contributed by atoms with Crippen LogP contribution >= 0.6 is 0 Å². The third-order valence-electron chi connectivity index (χ3n) is 5.32. The van der Waals surface area contributed by atoms with Crippen LogP contribution in [0.15, 0.2) is 17.1 Å². The average molecular weight is 459 g/mol. The number of alkyl halides is 3. The zero-order chi connectivity index (χ0) is 23.7. The van der Waals surface area contributed by atoms with Crippen LogP contribution in [0.5, 0.6) is 17.2 Å². The SMILES string of the molecule is COc1cc(C(=O)NC2(C(F)(F)F)N=C(C)N(CC3CCCO3)C2=O)cc(OC)c1OC. The van der Waals surface area contributed by atoms with Gasteiger partial charge in [0, 0.05) is 12.2 Å². The minimum Gasteiger partial charge on any atom is -0.493 e. The van der Waals surface area contributed by atoms with Crippen LogP contribution in [-0.4, -0.2) is 75.0 Å². The molecule has 0 bridgehead atoms. The van der Waals surface area contributed by atoms with Crippen molar-refractivity contribution in [2.75, 3.05) is 34.5 Å². The van der Waals surface area contributed by atoms with Gasteiger partial charge in [0.25, 0.3) is 11.8 Å². The number of nitrogens with one attached hydrogen (secondary N) is 1. The number of hydrogen-bond acceptors (Lipinski definition) is 7. The maximum atomic E-state index is 14.1. The number of benzene rings is 1. The van der Waals surface area contributed by atoms with Crippen molar-refractivity contribution in [2.45, 2.75) is 37.7 Å². The number of amidine groups is 1. The fourth-order valence-corrected chi connectivity index (χ4v) is 3.69. The molecule has 3 rings (SSSR count). The molecular formula is C20H24F3N3O6. The predicted octanol–water partition coefficient (Wildman–Crippen LogP) is 2.14. The van der Waals surface area contributed by atoms with Gasteiger partial charge >= 0.3 is 11.8 Å². The van der Waals surface area contributed by atoms with Gasteiger partial charge in [-0.3, -0.25) is 14.5 Å². The third kappa shape index (κ3) is 4.06. The van der Waals surface area contributed by atoms with Gasteiger partial charge < -0.3 is 24.3 Å². The van der Waals surface area contributed by atoms with Crippen LogP contribution in [0.4, 0.5) is 13.2 Å². The molecule has 12 heteroatoms. The highest BCUT2D eigenvalue weighted by molar-refractivity contribution is 6.10. The van der Waals surface area contributed by atoms with E-state index < -0.39 is 23.7 Å². The number of rotatable bonds is 7. The molecule has 0 radical (unpaired) electrons. The summed E-state index contributed by atoms with van der Waals surface area (Å²) < 4.78 is 63.3. The predicted molar refractivity (Wildman–Crippen MR) is 106 cm³/mol. The van der Waals surface area contributed by atoms with Crippen LogP contribution < -0.4 is 19.5 Å². The topological polar surface area (TPSA) is 98.7 Å². The van der Waals surface area contributed by atoms with E-state index in [1.165, 1.54) is 40.4 Å². The molecule has 1 saturated heterocycles. The number of ether oxygens (including phenoxy) is 4. The number of methoxy groups -OCH3 is 3. The van der Waals surface area contributed by atoms with Crippen molar-refractivity contribution in [3.8, 4) is 17.2 Å². The van der Waals surface area contributed by atoms with E-state index in [4.69, 9.17) is 18.9 Å². The highest BCUT2D eigenvalue weighted by Crippen LogP contribution is 2.40. The first-order valence-electron chi connectivity index (χ1n) is 9.77.